The van der Waals surface area contributed by atoms with Gasteiger partial charge in [-0.2, -0.15) is 0 Å². The molecule has 0 saturated carbocycles. The summed E-state index contributed by atoms with van der Waals surface area (Å²) in [5, 5.41) is 10.7. The van der Waals surface area contributed by atoms with Crippen molar-refractivity contribution in [3.8, 4) is 11.5 Å². The fourth-order valence-corrected chi connectivity index (χ4v) is 2.13. The SMILES string of the molecule is COc1ccc(OCC(O)c2ccc(Cl)cc2)cc1C(C)=O. The Bertz CT molecular complexity index is 652. The first-order valence-corrected chi connectivity index (χ1v) is 7.14. The van der Waals surface area contributed by atoms with Crippen LogP contribution in [-0.2, 0) is 0 Å². The Morgan fingerprint density at radius 3 is 2.50 bits per heavy atom. The predicted octanol–water partition coefficient (Wildman–Crippen LogP) is 3.66. The number of rotatable bonds is 6. The molecule has 0 fully saturated rings. The van der Waals surface area contributed by atoms with E-state index in [4.69, 9.17) is 21.1 Å². The lowest BCUT2D eigenvalue weighted by Crippen LogP contribution is -2.10. The molecule has 1 N–H and O–H groups in total. The highest BCUT2D eigenvalue weighted by Crippen LogP contribution is 2.25. The van der Waals surface area contributed by atoms with Crippen molar-refractivity contribution >= 4 is 17.4 Å². The van der Waals surface area contributed by atoms with Crippen molar-refractivity contribution in [1.82, 2.24) is 0 Å². The molecular weight excluding hydrogens is 304 g/mol. The van der Waals surface area contributed by atoms with E-state index in [1.807, 2.05) is 0 Å². The number of halogens is 1. The molecule has 22 heavy (non-hydrogen) atoms. The molecule has 116 valence electrons. The van der Waals surface area contributed by atoms with Crippen LogP contribution in [0.25, 0.3) is 0 Å². The fourth-order valence-electron chi connectivity index (χ4n) is 2.01. The number of carbonyl (C=O) groups is 1. The van der Waals surface area contributed by atoms with Gasteiger partial charge in [-0.1, -0.05) is 23.7 Å². The maximum absolute atomic E-state index is 11.6. The summed E-state index contributed by atoms with van der Waals surface area (Å²) in [6, 6.07) is 11.9. The van der Waals surface area contributed by atoms with Crippen LogP contribution in [0.15, 0.2) is 42.5 Å². The molecule has 2 aromatic rings. The highest BCUT2D eigenvalue weighted by Gasteiger charge is 2.12. The zero-order valence-electron chi connectivity index (χ0n) is 12.4. The third-order valence-electron chi connectivity index (χ3n) is 3.21. The number of aliphatic hydroxyl groups is 1. The molecule has 0 amide bonds. The van der Waals surface area contributed by atoms with E-state index in [1.165, 1.54) is 14.0 Å². The molecule has 0 spiro atoms. The van der Waals surface area contributed by atoms with Gasteiger partial charge in [-0.3, -0.25) is 4.79 Å². The molecule has 0 aliphatic carbocycles. The molecule has 0 aromatic heterocycles. The molecular formula is C17H17ClO4. The summed E-state index contributed by atoms with van der Waals surface area (Å²) in [5.74, 6) is 0.887. The Morgan fingerprint density at radius 2 is 1.91 bits per heavy atom. The van der Waals surface area contributed by atoms with Crippen molar-refractivity contribution in [2.45, 2.75) is 13.0 Å². The van der Waals surface area contributed by atoms with Gasteiger partial charge in [-0.25, -0.2) is 0 Å². The average molecular weight is 321 g/mol. The molecule has 0 bridgehead atoms. The number of hydrogen-bond acceptors (Lipinski definition) is 4. The monoisotopic (exact) mass is 320 g/mol. The Hall–Kier alpha value is -2.04. The second-order valence-electron chi connectivity index (χ2n) is 4.80. The molecule has 1 unspecified atom stereocenters. The van der Waals surface area contributed by atoms with Crippen LogP contribution >= 0.6 is 11.6 Å². The van der Waals surface area contributed by atoms with Gasteiger partial charge in [0, 0.05) is 5.02 Å². The summed E-state index contributed by atoms with van der Waals surface area (Å²) in [7, 11) is 1.51. The lowest BCUT2D eigenvalue weighted by Gasteiger charge is -2.14. The molecule has 0 radical (unpaired) electrons. The van der Waals surface area contributed by atoms with Crippen LogP contribution in [0.1, 0.15) is 28.9 Å². The highest BCUT2D eigenvalue weighted by atomic mass is 35.5. The molecule has 4 nitrogen and oxygen atoms in total. The standard InChI is InChI=1S/C17H17ClO4/c1-11(19)15-9-14(7-8-17(15)21-2)22-10-16(20)12-3-5-13(18)6-4-12/h3-9,16,20H,10H2,1-2H3. The smallest absolute Gasteiger partial charge is 0.163 e. The van der Waals surface area contributed by atoms with E-state index < -0.39 is 6.10 Å². The van der Waals surface area contributed by atoms with Gasteiger partial charge < -0.3 is 14.6 Å². The number of ether oxygens (including phenoxy) is 2. The number of benzene rings is 2. The van der Waals surface area contributed by atoms with Crippen LogP contribution in [0.4, 0.5) is 0 Å². The maximum Gasteiger partial charge on any atom is 0.163 e. The normalized spacial score (nSPS) is 11.8. The van der Waals surface area contributed by atoms with Gasteiger partial charge in [0.15, 0.2) is 5.78 Å². The molecule has 2 rings (SSSR count). The van der Waals surface area contributed by atoms with Gasteiger partial charge in [0.1, 0.15) is 24.2 Å². The Labute approximate surface area is 134 Å². The Kier molecular flexibility index (Phi) is 5.41. The van der Waals surface area contributed by atoms with Crippen LogP contribution in [0.5, 0.6) is 11.5 Å². The summed E-state index contributed by atoms with van der Waals surface area (Å²) in [4.78, 5) is 11.6. The van der Waals surface area contributed by atoms with Gasteiger partial charge in [0.25, 0.3) is 0 Å². The predicted molar refractivity (Wildman–Crippen MR) is 84.9 cm³/mol. The Balaban J connectivity index is 2.06. The molecule has 0 heterocycles. The van der Waals surface area contributed by atoms with E-state index in [0.29, 0.717) is 27.6 Å². The zero-order chi connectivity index (χ0) is 16.1. The summed E-state index contributed by atoms with van der Waals surface area (Å²) in [6.07, 6.45) is -0.778. The molecule has 0 aliphatic heterocycles. The number of Topliss-reactive ketones (excluding diaryl/α,β-unsaturated/α-hetero) is 1. The quantitative estimate of drug-likeness (QED) is 0.825. The lowest BCUT2D eigenvalue weighted by molar-refractivity contribution is 0.101. The number of aliphatic hydroxyl groups excluding tert-OH is 1. The highest BCUT2D eigenvalue weighted by molar-refractivity contribution is 6.30. The summed E-state index contributed by atoms with van der Waals surface area (Å²) in [6.45, 7) is 1.54. The van der Waals surface area contributed by atoms with Crippen molar-refractivity contribution in [3.05, 3.63) is 58.6 Å². The third kappa shape index (κ3) is 4.00. The minimum Gasteiger partial charge on any atom is -0.496 e. The first-order chi connectivity index (χ1) is 10.5. The van der Waals surface area contributed by atoms with E-state index in [9.17, 15) is 9.90 Å². The van der Waals surface area contributed by atoms with Crippen molar-refractivity contribution in [2.24, 2.45) is 0 Å². The van der Waals surface area contributed by atoms with E-state index >= 15 is 0 Å². The number of methoxy groups -OCH3 is 1. The fraction of sp³-hybridized carbons (Fsp3) is 0.235. The first-order valence-electron chi connectivity index (χ1n) is 6.76. The van der Waals surface area contributed by atoms with Gasteiger partial charge >= 0.3 is 0 Å². The zero-order valence-corrected chi connectivity index (χ0v) is 13.1. The minimum atomic E-state index is -0.778. The van der Waals surface area contributed by atoms with Crippen LogP contribution in [-0.4, -0.2) is 24.6 Å². The summed E-state index contributed by atoms with van der Waals surface area (Å²) < 4.78 is 10.7. The van der Waals surface area contributed by atoms with Crippen LogP contribution in [0.2, 0.25) is 5.02 Å². The number of carbonyl (C=O) groups excluding carboxylic acids is 1. The van der Waals surface area contributed by atoms with E-state index in [2.05, 4.69) is 0 Å². The van der Waals surface area contributed by atoms with Crippen molar-refractivity contribution < 1.29 is 19.4 Å². The van der Waals surface area contributed by atoms with Crippen LogP contribution in [0, 0.1) is 0 Å². The third-order valence-corrected chi connectivity index (χ3v) is 3.46. The Morgan fingerprint density at radius 1 is 1.23 bits per heavy atom. The lowest BCUT2D eigenvalue weighted by atomic mass is 10.1. The first kappa shape index (κ1) is 16.3. The van der Waals surface area contributed by atoms with Crippen LogP contribution < -0.4 is 9.47 Å². The second-order valence-corrected chi connectivity index (χ2v) is 5.23. The van der Waals surface area contributed by atoms with Crippen molar-refractivity contribution in [2.75, 3.05) is 13.7 Å². The maximum atomic E-state index is 11.6. The number of hydrogen-bond donors (Lipinski definition) is 1. The summed E-state index contributed by atoms with van der Waals surface area (Å²) >= 11 is 5.81. The van der Waals surface area contributed by atoms with Crippen molar-refractivity contribution in [3.63, 3.8) is 0 Å². The van der Waals surface area contributed by atoms with Gasteiger partial charge in [0.05, 0.1) is 12.7 Å². The average Bonchev–Trinajstić information content (AvgIpc) is 2.53. The van der Waals surface area contributed by atoms with Gasteiger partial charge in [-0.15, -0.1) is 0 Å². The van der Waals surface area contributed by atoms with Crippen LogP contribution in [0.3, 0.4) is 0 Å². The van der Waals surface area contributed by atoms with Crippen molar-refractivity contribution in [1.29, 1.82) is 0 Å². The molecule has 1 atom stereocenters. The van der Waals surface area contributed by atoms with Gasteiger partial charge in [0.2, 0.25) is 0 Å². The second kappa shape index (κ2) is 7.29. The number of ketones is 1. The summed E-state index contributed by atoms with van der Waals surface area (Å²) in [5.41, 5.74) is 1.16. The molecule has 5 heteroatoms. The van der Waals surface area contributed by atoms with E-state index in [-0.39, 0.29) is 12.4 Å². The molecule has 2 aromatic carbocycles. The van der Waals surface area contributed by atoms with E-state index in [1.54, 1.807) is 42.5 Å². The topological polar surface area (TPSA) is 55.8 Å². The van der Waals surface area contributed by atoms with Gasteiger partial charge in [-0.05, 0) is 42.8 Å². The van der Waals surface area contributed by atoms with E-state index in [0.717, 1.165) is 0 Å². The minimum absolute atomic E-state index is 0.0747. The largest absolute Gasteiger partial charge is 0.496 e. The molecule has 0 aliphatic rings. The molecule has 0 saturated heterocycles.